The van der Waals surface area contributed by atoms with Gasteiger partial charge in [-0.15, -0.1) is 10.2 Å². The first kappa shape index (κ1) is 8.38. The van der Waals surface area contributed by atoms with Crippen LogP contribution in [-0.4, -0.2) is 26.5 Å². The highest BCUT2D eigenvalue weighted by atomic mass is 16.1. The number of nitrogens with one attached hydrogen (secondary N) is 2. The van der Waals surface area contributed by atoms with Crippen LogP contribution in [0.2, 0.25) is 0 Å². The van der Waals surface area contributed by atoms with Gasteiger partial charge in [-0.1, -0.05) is 11.8 Å². The molecule has 0 atom stereocenters. The number of aromatic nitrogens is 4. The van der Waals surface area contributed by atoms with Gasteiger partial charge in [0.05, 0.1) is 6.54 Å². The second kappa shape index (κ2) is 3.61. The summed E-state index contributed by atoms with van der Waals surface area (Å²) in [6.45, 7) is 5.38. The molecule has 0 aliphatic rings. The van der Waals surface area contributed by atoms with Crippen LogP contribution >= 0.6 is 0 Å². The van der Waals surface area contributed by atoms with Crippen LogP contribution in [0, 0.1) is 0 Å². The molecule has 0 aliphatic carbocycles. The molecule has 0 saturated carbocycles. The Morgan fingerprint density at radius 2 is 2.50 bits per heavy atom. The molecule has 12 heavy (non-hydrogen) atoms. The van der Waals surface area contributed by atoms with Gasteiger partial charge < -0.3 is 5.32 Å². The van der Waals surface area contributed by atoms with Crippen molar-refractivity contribution in [1.82, 2.24) is 25.9 Å². The second-order valence-electron chi connectivity index (χ2n) is 2.29. The summed E-state index contributed by atoms with van der Waals surface area (Å²) in [5.41, 5.74) is 0.457. The minimum absolute atomic E-state index is 0.209. The van der Waals surface area contributed by atoms with Crippen LogP contribution in [0.4, 0.5) is 0 Å². The molecule has 0 spiro atoms. The van der Waals surface area contributed by atoms with Gasteiger partial charge in [0.25, 0.3) is 0 Å². The van der Waals surface area contributed by atoms with E-state index in [1.165, 1.54) is 0 Å². The predicted octanol–water partition coefficient (Wildman–Crippen LogP) is -0.608. The van der Waals surface area contributed by atoms with Gasteiger partial charge in [0.15, 0.2) is 5.82 Å². The zero-order chi connectivity index (χ0) is 8.97. The number of rotatable bonds is 3. The van der Waals surface area contributed by atoms with Gasteiger partial charge in [0, 0.05) is 5.57 Å². The maximum Gasteiger partial charge on any atom is 0.246 e. The summed E-state index contributed by atoms with van der Waals surface area (Å²) in [6, 6.07) is 0. The Kier molecular flexibility index (Phi) is 2.52. The van der Waals surface area contributed by atoms with Gasteiger partial charge >= 0.3 is 0 Å². The van der Waals surface area contributed by atoms with E-state index in [1.807, 2.05) is 0 Å². The van der Waals surface area contributed by atoms with Crippen molar-refractivity contribution in [2.75, 3.05) is 0 Å². The molecule has 1 rings (SSSR count). The zero-order valence-corrected chi connectivity index (χ0v) is 6.66. The van der Waals surface area contributed by atoms with Crippen LogP contribution in [0.15, 0.2) is 12.2 Å². The molecule has 6 heteroatoms. The Labute approximate surface area is 69.1 Å². The molecule has 6 nitrogen and oxygen atoms in total. The fourth-order valence-corrected chi connectivity index (χ4v) is 0.568. The van der Waals surface area contributed by atoms with Gasteiger partial charge in [0.1, 0.15) is 0 Å². The molecule has 0 bridgehead atoms. The van der Waals surface area contributed by atoms with Crippen LogP contribution < -0.4 is 5.32 Å². The van der Waals surface area contributed by atoms with Crippen LogP contribution in [0.25, 0.3) is 0 Å². The Bertz CT molecular complexity index is 278. The number of carbonyl (C=O) groups is 1. The first-order valence-electron chi connectivity index (χ1n) is 3.36. The lowest BCUT2D eigenvalue weighted by atomic mass is 10.3. The summed E-state index contributed by atoms with van der Waals surface area (Å²) in [4.78, 5) is 10.9. The largest absolute Gasteiger partial charge is 0.345 e. The molecule has 1 aromatic rings. The first-order chi connectivity index (χ1) is 5.70. The molecule has 64 valence electrons. The number of amides is 1. The predicted molar refractivity (Wildman–Crippen MR) is 40.8 cm³/mol. The molecule has 0 aromatic carbocycles. The molecule has 1 amide bonds. The van der Waals surface area contributed by atoms with E-state index in [1.54, 1.807) is 6.92 Å². The maximum absolute atomic E-state index is 10.9. The fourth-order valence-electron chi connectivity index (χ4n) is 0.568. The van der Waals surface area contributed by atoms with Crippen molar-refractivity contribution in [3.63, 3.8) is 0 Å². The monoisotopic (exact) mass is 167 g/mol. The lowest BCUT2D eigenvalue weighted by Gasteiger charge is -1.99. The molecule has 0 fully saturated rings. The first-order valence-corrected chi connectivity index (χ1v) is 3.36. The number of aromatic amines is 1. The molecule has 2 N–H and O–H groups in total. The number of nitrogens with zero attached hydrogens (tertiary/aromatic N) is 3. The molecule has 0 radical (unpaired) electrons. The summed E-state index contributed by atoms with van der Waals surface area (Å²) in [5, 5.41) is 15.5. The Hall–Kier alpha value is -1.72. The minimum Gasteiger partial charge on any atom is -0.345 e. The highest BCUT2D eigenvalue weighted by Crippen LogP contribution is 1.87. The van der Waals surface area contributed by atoms with E-state index in [-0.39, 0.29) is 12.5 Å². The number of hydrogen-bond donors (Lipinski definition) is 2. The van der Waals surface area contributed by atoms with E-state index >= 15 is 0 Å². The SMILES string of the molecule is C=C(C)C(=O)NCc1nn[nH]n1. The van der Waals surface area contributed by atoms with Crippen LogP contribution in [0.5, 0.6) is 0 Å². The van der Waals surface area contributed by atoms with E-state index in [0.717, 1.165) is 0 Å². The standard InChI is InChI=1S/C6H9N5O/c1-4(2)6(12)7-3-5-8-10-11-9-5/h1,3H2,2H3,(H,7,12)(H,8,9,10,11). The normalized spacial score (nSPS) is 9.42. The number of carbonyl (C=O) groups excluding carboxylic acids is 1. The van der Waals surface area contributed by atoms with E-state index in [9.17, 15) is 4.79 Å². The van der Waals surface area contributed by atoms with E-state index in [4.69, 9.17) is 0 Å². The summed E-state index contributed by atoms with van der Waals surface area (Å²) in [5.74, 6) is 0.240. The lowest BCUT2D eigenvalue weighted by molar-refractivity contribution is -0.117. The van der Waals surface area contributed by atoms with E-state index in [2.05, 4.69) is 32.5 Å². The average molecular weight is 167 g/mol. The highest BCUT2D eigenvalue weighted by molar-refractivity contribution is 5.91. The van der Waals surface area contributed by atoms with Crippen molar-refractivity contribution >= 4 is 5.91 Å². The molecule has 0 saturated heterocycles. The van der Waals surface area contributed by atoms with Gasteiger partial charge in [-0.3, -0.25) is 4.79 Å². The van der Waals surface area contributed by atoms with Gasteiger partial charge in [-0.05, 0) is 6.92 Å². The lowest BCUT2D eigenvalue weighted by Crippen LogP contribution is -2.23. The highest BCUT2D eigenvalue weighted by Gasteiger charge is 2.02. The Morgan fingerprint density at radius 1 is 1.75 bits per heavy atom. The summed E-state index contributed by atoms with van der Waals surface area (Å²) >= 11 is 0. The van der Waals surface area contributed by atoms with Gasteiger partial charge in [-0.25, -0.2) is 0 Å². The van der Waals surface area contributed by atoms with E-state index in [0.29, 0.717) is 11.4 Å². The topological polar surface area (TPSA) is 83.6 Å². The molecule has 0 aliphatic heterocycles. The third-order valence-electron chi connectivity index (χ3n) is 1.18. The van der Waals surface area contributed by atoms with Crippen LogP contribution in [0.1, 0.15) is 12.7 Å². The van der Waals surface area contributed by atoms with Crippen molar-refractivity contribution in [2.24, 2.45) is 0 Å². The average Bonchev–Trinajstić information content (AvgIpc) is 2.51. The number of hydrogen-bond acceptors (Lipinski definition) is 4. The molecular weight excluding hydrogens is 158 g/mol. The van der Waals surface area contributed by atoms with Crippen LogP contribution in [0.3, 0.4) is 0 Å². The van der Waals surface area contributed by atoms with Gasteiger partial charge in [0.2, 0.25) is 5.91 Å². The summed E-state index contributed by atoms with van der Waals surface area (Å²) in [6.07, 6.45) is 0. The maximum atomic E-state index is 10.9. The third kappa shape index (κ3) is 2.15. The van der Waals surface area contributed by atoms with Crippen molar-refractivity contribution in [3.05, 3.63) is 18.0 Å². The van der Waals surface area contributed by atoms with Crippen molar-refractivity contribution in [2.45, 2.75) is 13.5 Å². The zero-order valence-electron chi connectivity index (χ0n) is 6.66. The van der Waals surface area contributed by atoms with Crippen molar-refractivity contribution in [1.29, 1.82) is 0 Å². The third-order valence-corrected chi connectivity index (χ3v) is 1.18. The molecule has 0 unspecified atom stereocenters. The summed E-state index contributed by atoms with van der Waals surface area (Å²) < 4.78 is 0. The quantitative estimate of drug-likeness (QED) is 0.588. The smallest absolute Gasteiger partial charge is 0.246 e. The number of H-pyrrole nitrogens is 1. The van der Waals surface area contributed by atoms with Crippen molar-refractivity contribution in [3.8, 4) is 0 Å². The Balaban J connectivity index is 2.37. The molecule has 1 aromatic heterocycles. The van der Waals surface area contributed by atoms with Gasteiger partial charge in [-0.2, -0.15) is 5.21 Å². The molecular formula is C6H9N5O. The Morgan fingerprint density at radius 3 is 3.00 bits per heavy atom. The minimum atomic E-state index is -0.209. The summed E-state index contributed by atoms with van der Waals surface area (Å²) in [7, 11) is 0. The second-order valence-corrected chi connectivity index (χ2v) is 2.29. The van der Waals surface area contributed by atoms with E-state index < -0.39 is 0 Å². The molecule has 1 heterocycles. The van der Waals surface area contributed by atoms with Crippen molar-refractivity contribution < 1.29 is 4.79 Å². The van der Waals surface area contributed by atoms with Crippen LogP contribution in [-0.2, 0) is 11.3 Å². The number of tetrazole rings is 1. The fraction of sp³-hybridized carbons (Fsp3) is 0.333.